The zero-order valence-corrected chi connectivity index (χ0v) is 10.1. The number of aliphatic hydroxyl groups excluding tert-OH is 1. The fourth-order valence-corrected chi connectivity index (χ4v) is 2.47. The molecule has 0 aromatic carbocycles. The number of hydrogen-bond acceptors (Lipinski definition) is 2. The molecule has 14 heavy (non-hydrogen) atoms. The van der Waals surface area contributed by atoms with Gasteiger partial charge >= 0.3 is 0 Å². The predicted molar refractivity (Wildman–Crippen MR) is 60.3 cm³/mol. The van der Waals surface area contributed by atoms with E-state index in [2.05, 4.69) is 25.7 Å². The molecule has 1 aliphatic rings. The Labute approximate surface area is 88.3 Å². The van der Waals surface area contributed by atoms with Gasteiger partial charge in [-0.25, -0.2) is 0 Å². The van der Waals surface area contributed by atoms with E-state index >= 15 is 0 Å². The van der Waals surface area contributed by atoms with Gasteiger partial charge in [0.1, 0.15) is 0 Å². The Morgan fingerprint density at radius 3 is 2.07 bits per heavy atom. The summed E-state index contributed by atoms with van der Waals surface area (Å²) >= 11 is 0. The van der Waals surface area contributed by atoms with Crippen LogP contribution in [-0.4, -0.2) is 35.2 Å². The highest BCUT2D eigenvalue weighted by Crippen LogP contribution is 2.38. The molecule has 1 aliphatic heterocycles. The smallest absolute Gasteiger partial charge is 0.0526 e. The molecule has 0 saturated carbocycles. The van der Waals surface area contributed by atoms with Crippen molar-refractivity contribution in [1.29, 1.82) is 0 Å². The summed E-state index contributed by atoms with van der Waals surface area (Å²) in [6.07, 6.45) is 3.33. The zero-order valence-electron chi connectivity index (χ0n) is 10.1. The molecule has 1 rings (SSSR count). The molecule has 2 atom stereocenters. The second-order valence-corrected chi connectivity index (χ2v) is 5.05. The van der Waals surface area contributed by atoms with E-state index in [1.165, 1.54) is 25.9 Å². The Bertz CT molecular complexity index is 167. The van der Waals surface area contributed by atoms with Gasteiger partial charge in [0, 0.05) is 19.1 Å². The minimum Gasteiger partial charge on any atom is -0.393 e. The molecule has 0 bridgehead atoms. The van der Waals surface area contributed by atoms with Crippen molar-refractivity contribution < 1.29 is 5.11 Å². The lowest BCUT2D eigenvalue weighted by molar-refractivity contribution is -0.0424. The van der Waals surface area contributed by atoms with E-state index in [0.29, 0.717) is 11.5 Å². The quantitative estimate of drug-likeness (QED) is 0.734. The maximum absolute atomic E-state index is 9.31. The summed E-state index contributed by atoms with van der Waals surface area (Å²) in [5, 5.41) is 9.31. The maximum atomic E-state index is 9.31. The average Bonchev–Trinajstić information content (AvgIpc) is 2.03. The molecule has 1 heterocycles. The lowest BCUT2D eigenvalue weighted by atomic mass is 9.74. The second kappa shape index (κ2) is 4.63. The summed E-state index contributed by atoms with van der Waals surface area (Å²) in [7, 11) is 0. The van der Waals surface area contributed by atoms with Crippen LogP contribution < -0.4 is 0 Å². The van der Waals surface area contributed by atoms with Gasteiger partial charge in [-0.1, -0.05) is 13.8 Å². The van der Waals surface area contributed by atoms with Crippen molar-refractivity contribution >= 4 is 0 Å². The van der Waals surface area contributed by atoms with E-state index in [9.17, 15) is 5.11 Å². The van der Waals surface area contributed by atoms with Gasteiger partial charge < -0.3 is 5.11 Å². The van der Waals surface area contributed by atoms with Crippen LogP contribution in [0, 0.1) is 5.41 Å². The molecule has 1 saturated heterocycles. The van der Waals surface area contributed by atoms with Crippen molar-refractivity contribution in [3.63, 3.8) is 0 Å². The summed E-state index contributed by atoms with van der Waals surface area (Å²) in [5.41, 5.74) is 0.590. The Kier molecular flexibility index (Phi) is 3.96. The molecular weight excluding hydrogens is 174 g/mol. The van der Waals surface area contributed by atoms with Crippen LogP contribution in [0.4, 0.5) is 0 Å². The number of hydrogen-bond donors (Lipinski definition) is 1. The van der Waals surface area contributed by atoms with Gasteiger partial charge in [0.2, 0.25) is 0 Å². The molecule has 2 unspecified atom stereocenters. The minimum absolute atomic E-state index is 0.164. The Hall–Kier alpha value is -0.0800. The zero-order chi connectivity index (χ0) is 10.8. The fraction of sp³-hybridized carbons (Fsp3) is 1.00. The van der Waals surface area contributed by atoms with Crippen LogP contribution in [0.1, 0.15) is 47.0 Å². The van der Waals surface area contributed by atoms with E-state index in [0.717, 1.165) is 6.42 Å². The van der Waals surface area contributed by atoms with Gasteiger partial charge in [-0.3, -0.25) is 4.90 Å². The van der Waals surface area contributed by atoms with E-state index in [1.807, 2.05) is 6.92 Å². The summed E-state index contributed by atoms with van der Waals surface area (Å²) in [5.74, 6) is 0. The van der Waals surface area contributed by atoms with Crippen LogP contribution in [0.2, 0.25) is 0 Å². The minimum atomic E-state index is -0.164. The first kappa shape index (κ1) is 12.0. The van der Waals surface area contributed by atoms with Crippen LogP contribution >= 0.6 is 0 Å². The summed E-state index contributed by atoms with van der Waals surface area (Å²) in [6, 6.07) is 0.543. The van der Waals surface area contributed by atoms with Crippen molar-refractivity contribution in [1.82, 2.24) is 4.90 Å². The molecule has 0 amide bonds. The average molecular weight is 199 g/mol. The summed E-state index contributed by atoms with van der Waals surface area (Å²) < 4.78 is 0. The third-order valence-electron chi connectivity index (χ3n) is 3.88. The first-order chi connectivity index (χ1) is 6.53. The van der Waals surface area contributed by atoms with Gasteiger partial charge in [0.15, 0.2) is 0 Å². The third-order valence-corrected chi connectivity index (χ3v) is 3.88. The molecule has 84 valence electrons. The molecule has 0 aliphatic carbocycles. The normalized spacial score (nSPS) is 25.5. The molecule has 1 fully saturated rings. The van der Waals surface area contributed by atoms with Crippen LogP contribution in [0.15, 0.2) is 0 Å². The van der Waals surface area contributed by atoms with E-state index < -0.39 is 0 Å². The molecule has 2 nitrogen and oxygen atoms in total. The lowest BCUT2D eigenvalue weighted by Crippen LogP contribution is -2.59. The highest BCUT2D eigenvalue weighted by atomic mass is 16.3. The van der Waals surface area contributed by atoms with Crippen LogP contribution in [-0.2, 0) is 0 Å². The van der Waals surface area contributed by atoms with Crippen molar-refractivity contribution in [2.75, 3.05) is 13.1 Å². The topological polar surface area (TPSA) is 23.5 Å². The first-order valence-electron chi connectivity index (χ1n) is 5.95. The summed E-state index contributed by atoms with van der Waals surface area (Å²) in [4.78, 5) is 2.50. The first-order valence-corrected chi connectivity index (χ1v) is 5.95. The molecule has 1 N–H and O–H groups in total. The Morgan fingerprint density at radius 1 is 1.21 bits per heavy atom. The monoisotopic (exact) mass is 199 g/mol. The molecule has 0 radical (unpaired) electrons. The van der Waals surface area contributed by atoms with Crippen molar-refractivity contribution in [2.45, 2.75) is 59.1 Å². The van der Waals surface area contributed by atoms with Crippen LogP contribution in [0.25, 0.3) is 0 Å². The Morgan fingerprint density at radius 2 is 1.71 bits per heavy atom. The van der Waals surface area contributed by atoms with Crippen molar-refractivity contribution in [3.8, 4) is 0 Å². The standard InChI is InChI=1S/C12H25NO/c1-5-12(6-2)8-13(9-12)10(3)7-11(4)14/h10-11,14H,5-9H2,1-4H3. The Balaban J connectivity index is 2.32. The van der Waals surface area contributed by atoms with Gasteiger partial charge in [-0.15, -0.1) is 0 Å². The number of aliphatic hydroxyl groups is 1. The number of likely N-dealkylation sites (tertiary alicyclic amines) is 1. The SMILES string of the molecule is CCC1(CC)CN(C(C)CC(C)O)C1. The van der Waals surface area contributed by atoms with E-state index in [-0.39, 0.29) is 6.10 Å². The van der Waals surface area contributed by atoms with Gasteiger partial charge in [0.25, 0.3) is 0 Å². The maximum Gasteiger partial charge on any atom is 0.0526 e. The van der Waals surface area contributed by atoms with Crippen molar-refractivity contribution in [2.24, 2.45) is 5.41 Å². The largest absolute Gasteiger partial charge is 0.393 e. The van der Waals surface area contributed by atoms with Crippen LogP contribution in [0.5, 0.6) is 0 Å². The molecule has 0 spiro atoms. The van der Waals surface area contributed by atoms with Gasteiger partial charge in [-0.2, -0.15) is 0 Å². The lowest BCUT2D eigenvalue weighted by Gasteiger charge is -2.52. The summed E-state index contributed by atoms with van der Waals surface area (Å²) in [6.45, 7) is 11.1. The predicted octanol–water partition coefficient (Wildman–Crippen LogP) is 2.27. The van der Waals surface area contributed by atoms with Crippen LogP contribution in [0.3, 0.4) is 0 Å². The third kappa shape index (κ3) is 2.48. The highest BCUT2D eigenvalue weighted by molar-refractivity contribution is 4.95. The second-order valence-electron chi connectivity index (χ2n) is 5.05. The molecular formula is C12H25NO. The fourth-order valence-electron chi connectivity index (χ4n) is 2.47. The van der Waals surface area contributed by atoms with Gasteiger partial charge in [-0.05, 0) is 38.5 Å². The molecule has 0 aromatic rings. The van der Waals surface area contributed by atoms with Gasteiger partial charge in [0.05, 0.1) is 6.10 Å². The molecule has 2 heteroatoms. The molecule has 0 aromatic heterocycles. The van der Waals surface area contributed by atoms with Crippen molar-refractivity contribution in [3.05, 3.63) is 0 Å². The van der Waals surface area contributed by atoms with E-state index in [1.54, 1.807) is 0 Å². The van der Waals surface area contributed by atoms with E-state index in [4.69, 9.17) is 0 Å². The number of rotatable bonds is 5. The highest BCUT2D eigenvalue weighted by Gasteiger charge is 2.41. The number of nitrogens with zero attached hydrogens (tertiary/aromatic N) is 1.